The van der Waals surface area contributed by atoms with Crippen LogP contribution in [0.1, 0.15) is 5.01 Å². The molecular weight excluding hydrogens is 294 g/mol. The van der Waals surface area contributed by atoms with E-state index in [4.69, 9.17) is 5.11 Å². The number of hydrogen-bond donors (Lipinski definition) is 1. The number of carbonyl (C=O) groups is 1. The van der Waals surface area contributed by atoms with Gasteiger partial charge in [-0.15, -0.1) is 11.3 Å². The number of aliphatic carboxylic acids is 1. The lowest BCUT2D eigenvalue weighted by molar-refractivity contribution is -0.131. The van der Waals surface area contributed by atoms with E-state index in [1.54, 1.807) is 0 Å². The van der Waals surface area contributed by atoms with Crippen molar-refractivity contribution in [2.24, 2.45) is 0 Å². The molecule has 3 rings (SSSR count). The fourth-order valence-corrected chi connectivity index (χ4v) is 3.66. The number of aromatic nitrogens is 1. The van der Waals surface area contributed by atoms with Crippen LogP contribution in [0, 0.1) is 0 Å². The van der Waals surface area contributed by atoms with Crippen molar-refractivity contribution in [3.8, 4) is 11.3 Å². The summed E-state index contributed by atoms with van der Waals surface area (Å²) < 4.78 is 11.6. The summed E-state index contributed by atoms with van der Waals surface area (Å²) in [6, 6.07) is 9.71. The molecule has 0 amide bonds. The zero-order valence-corrected chi connectivity index (χ0v) is 11.8. The fraction of sp³-hybridized carbons (Fsp3) is 0. The molecule has 1 aliphatic heterocycles. The first kappa shape index (κ1) is 13.0. The Hall–Kier alpha value is -2.05. The van der Waals surface area contributed by atoms with Gasteiger partial charge in [0.1, 0.15) is 9.91 Å². The van der Waals surface area contributed by atoms with Crippen molar-refractivity contribution in [3.05, 3.63) is 57.1 Å². The van der Waals surface area contributed by atoms with Crippen molar-refractivity contribution < 1.29 is 14.1 Å². The van der Waals surface area contributed by atoms with Crippen LogP contribution in [0.5, 0.6) is 0 Å². The minimum absolute atomic E-state index is 0.100. The third-order valence-corrected chi connectivity index (χ3v) is 4.85. The summed E-state index contributed by atoms with van der Waals surface area (Å²) in [5.74, 6) is -1.16. The lowest BCUT2D eigenvalue weighted by Gasteiger charge is -1.94. The Kier molecular flexibility index (Phi) is 3.33. The second-order valence-corrected chi connectivity index (χ2v) is 6.22. The Morgan fingerprint density at radius 2 is 2.00 bits per heavy atom. The number of hydrogen-bond acceptors (Lipinski definition) is 4. The largest absolute Gasteiger partial charge is 0.477 e. The smallest absolute Gasteiger partial charge is 0.345 e. The van der Waals surface area contributed by atoms with Crippen LogP contribution in [-0.2, 0) is 15.6 Å². The van der Waals surface area contributed by atoms with E-state index >= 15 is 0 Å². The molecule has 0 spiro atoms. The first-order valence-corrected chi connectivity index (χ1v) is 7.83. The fourth-order valence-electron chi connectivity index (χ4n) is 1.82. The van der Waals surface area contributed by atoms with Crippen LogP contribution in [0.4, 0.5) is 0 Å². The molecule has 2 heterocycles. The highest BCUT2D eigenvalue weighted by Gasteiger charge is 2.23. The molecule has 4 nitrogen and oxygen atoms in total. The second-order valence-electron chi connectivity index (χ2n) is 4.09. The standard InChI is InChI=1S/C14H9NO3S2/c16-14(17)12-6-10(8-20(12)18)13-15-11(7-19-13)9-4-2-1-3-5-9/h1-8H,(H,16,17). The van der Waals surface area contributed by atoms with Gasteiger partial charge in [-0.2, -0.15) is 0 Å². The normalized spacial score (nSPS) is 17.7. The van der Waals surface area contributed by atoms with Crippen LogP contribution in [-0.4, -0.2) is 20.3 Å². The summed E-state index contributed by atoms with van der Waals surface area (Å²) in [6.45, 7) is 0. The molecule has 2 aromatic rings. The molecular formula is C14H9NO3S2. The maximum atomic E-state index is 11.6. The van der Waals surface area contributed by atoms with Crippen LogP contribution in [0.2, 0.25) is 0 Å². The average molecular weight is 303 g/mol. The van der Waals surface area contributed by atoms with Gasteiger partial charge in [-0.25, -0.2) is 14.0 Å². The minimum Gasteiger partial charge on any atom is -0.477 e. The van der Waals surface area contributed by atoms with Crippen molar-refractivity contribution in [1.29, 1.82) is 0 Å². The van der Waals surface area contributed by atoms with Crippen molar-refractivity contribution in [3.63, 3.8) is 0 Å². The molecule has 1 aromatic heterocycles. The first-order valence-electron chi connectivity index (χ1n) is 5.74. The Balaban J connectivity index is 1.95. The molecule has 0 aliphatic carbocycles. The first-order chi connectivity index (χ1) is 9.65. The van der Waals surface area contributed by atoms with E-state index < -0.39 is 16.8 Å². The number of carboxylic acid groups (broad SMARTS) is 1. The highest BCUT2D eigenvalue weighted by molar-refractivity contribution is 7.93. The number of benzene rings is 1. The highest BCUT2D eigenvalue weighted by Crippen LogP contribution is 2.31. The van der Waals surface area contributed by atoms with Crippen LogP contribution in [0.15, 0.2) is 52.1 Å². The molecule has 0 saturated carbocycles. The zero-order valence-electron chi connectivity index (χ0n) is 10.1. The minimum atomic E-state index is -1.59. The Bertz CT molecular complexity index is 760. The van der Waals surface area contributed by atoms with E-state index in [2.05, 4.69) is 4.98 Å². The molecule has 0 fully saturated rings. The summed E-state index contributed by atoms with van der Waals surface area (Å²) in [4.78, 5) is 15.3. The van der Waals surface area contributed by atoms with Gasteiger partial charge in [0.15, 0.2) is 0 Å². The molecule has 100 valence electrons. The maximum absolute atomic E-state index is 11.6. The Labute approximate surface area is 121 Å². The predicted octanol–water partition coefficient (Wildman–Crippen LogP) is 2.88. The molecule has 6 heteroatoms. The van der Waals surface area contributed by atoms with Crippen LogP contribution >= 0.6 is 11.3 Å². The summed E-state index contributed by atoms with van der Waals surface area (Å²) in [5.41, 5.74) is 2.43. The van der Waals surface area contributed by atoms with Gasteiger partial charge in [0.05, 0.1) is 16.5 Å². The number of allylic oxidation sites excluding steroid dienone is 2. The molecule has 1 aliphatic rings. The SMILES string of the molecule is O=C(O)C1=CC(c2nc(-c3ccccc3)cs2)=CS1=O. The third-order valence-electron chi connectivity index (χ3n) is 2.77. The Morgan fingerprint density at radius 1 is 1.25 bits per heavy atom. The van der Waals surface area contributed by atoms with Gasteiger partial charge >= 0.3 is 5.97 Å². The summed E-state index contributed by atoms with van der Waals surface area (Å²) >= 11 is 1.41. The zero-order chi connectivity index (χ0) is 14.1. The van der Waals surface area contributed by atoms with Crippen molar-refractivity contribution in [2.75, 3.05) is 0 Å². The van der Waals surface area contributed by atoms with E-state index in [9.17, 15) is 9.00 Å². The summed E-state index contributed by atoms with van der Waals surface area (Å²) in [7, 11) is -1.59. The molecule has 1 aromatic carbocycles. The number of rotatable bonds is 3. The van der Waals surface area contributed by atoms with E-state index in [-0.39, 0.29) is 4.91 Å². The molecule has 1 unspecified atom stereocenters. The van der Waals surface area contributed by atoms with Gasteiger partial charge in [-0.3, -0.25) is 0 Å². The molecule has 0 radical (unpaired) electrons. The van der Waals surface area contributed by atoms with Crippen LogP contribution < -0.4 is 0 Å². The van der Waals surface area contributed by atoms with Gasteiger partial charge in [0.25, 0.3) is 0 Å². The van der Waals surface area contributed by atoms with Crippen molar-refractivity contribution >= 4 is 33.7 Å². The van der Waals surface area contributed by atoms with Crippen molar-refractivity contribution in [2.45, 2.75) is 0 Å². The Morgan fingerprint density at radius 3 is 2.65 bits per heavy atom. The second kappa shape index (κ2) is 5.15. The summed E-state index contributed by atoms with van der Waals surface area (Å²) in [5, 5.41) is 12.9. The van der Waals surface area contributed by atoms with E-state index in [0.717, 1.165) is 11.3 Å². The molecule has 0 bridgehead atoms. The van der Waals surface area contributed by atoms with E-state index in [1.165, 1.54) is 22.8 Å². The van der Waals surface area contributed by atoms with Crippen LogP contribution in [0.3, 0.4) is 0 Å². The quantitative estimate of drug-likeness (QED) is 0.946. The number of nitrogens with zero attached hydrogens (tertiary/aromatic N) is 1. The monoisotopic (exact) mass is 303 g/mol. The molecule has 1 atom stereocenters. The predicted molar refractivity (Wildman–Crippen MR) is 79.4 cm³/mol. The van der Waals surface area contributed by atoms with Gasteiger partial charge in [-0.1, -0.05) is 30.3 Å². The van der Waals surface area contributed by atoms with E-state index in [0.29, 0.717) is 10.6 Å². The molecule has 20 heavy (non-hydrogen) atoms. The van der Waals surface area contributed by atoms with Gasteiger partial charge in [0, 0.05) is 21.9 Å². The molecule has 1 N–H and O–H groups in total. The van der Waals surface area contributed by atoms with Crippen molar-refractivity contribution in [1.82, 2.24) is 4.98 Å². The van der Waals surface area contributed by atoms with E-state index in [1.807, 2.05) is 35.7 Å². The number of thiazole rings is 1. The topological polar surface area (TPSA) is 67.3 Å². The summed E-state index contributed by atoms with van der Waals surface area (Å²) in [6.07, 6.45) is 1.42. The van der Waals surface area contributed by atoms with Gasteiger partial charge in [-0.05, 0) is 6.08 Å². The lowest BCUT2D eigenvalue weighted by Crippen LogP contribution is -2.01. The van der Waals surface area contributed by atoms with Gasteiger partial charge < -0.3 is 5.11 Å². The lowest BCUT2D eigenvalue weighted by atomic mass is 10.2. The molecule has 0 saturated heterocycles. The van der Waals surface area contributed by atoms with Crippen LogP contribution in [0.25, 0.3) is 16.8 Å². The average Bonchev–Trinajstić information content (AvgIpc) is 3.06. The highest BCUT2D eigenvalue weighted by atomic mass is 32.2. The number of carboxylic acids is 1. The third kappa shape index (κ3) is 2.35. The van der Waals surface area contributed by atoms with Gasteiger partial charge in [0.2, 0.25) is 0 Å². The maximum Gasteiger partial charge on any atom is 0.345 e.